The molecule has 2 rings (SSSR count). The van der Waals surface area contributed by atoms with Crippen LogP contribution in [0.3, 0.4) is 0 Å². The lowest BCUT2D eigenvalue weighted by atomic mass is 10.1. The molecule has 2 heterocycles. The first-order chi connectivity index (χ1) is 9.38. The van der Waals surface area contributed by atoms with Crippen molar-refractivity contribution in [3.8, 4) is 5.95 Å². The van der Waals surface area contributed by atoms with E-state index in [1.54, 1.807) is 0 Å². The summed E-state index contributed by atoms with van der Waals surface area (Å²) in [6.45, 7) is 5.54. The van der Waals surface area contributed by atoms with Crippen LogP contribution < -0.4 is 5.56 Å². The van der Waals surface area contributed by atoms with E-state index in [9.17, 15) is 9.59 Å². The molecule has 0 saturated carbocycles. The van der Waals surface area contributed by atoms with Crippen molar-refractivity contribution >= 4 is 5.97 Å². The van der Waals surface area contributed by atoms with Gasteiger partial charge in [-0.2, -0.15) is 5.10 Å². The number of nitrogens with one attached hydrogen (secondary N) is 1. The smallest absolute Gasteiger partial charge is 0.356 e. The fraction of sp³-hybridized carbons (Fsp3) is 0.417. The molecule has 0 aliphatic carbocycles. The third-order valence-corrected chi connectivity index (χ3v) is 2.67. The first kappa shape index (κ1) is 13.9. The van der Waals surface area contributed by atoms with Crippen LogP contribution in [0.5, 0.6) is 0 Å². The largest absolute Gasteiger partial charge is 0.476 e. The van der Waals surface area contributed by atoms with Gasteiger partial charge >= 0.3 is 5.97 Å². The second-order valence-electron chi connectivity index (χ2n) is 4.90. The Balaban J connectivity index is 2.55. The lowest BCUT2D eigenvalue weighted by Crippen LogP contribution is -2.19. The molecule has 2 aromatic heterocycles. The second kappa shape index (κ2) is 5.24. The average molecular weight is 277 g/mol. The van der Waals surface area contributed by atoms with Crippen molar-refractivity contribution in [3.05, 3.63) is 33.5 Å². The van der Waals surface area contributed by atoms with Gasteiger partial charge in [0.25, 0.3) is 11.5 Å². The summed E-state index contributed by atoms with van der Waals surface area (Å²) in [7, 11) is 0. The number of carboxylic acids is 1. The van der Waals surface area contributed by atoms with Gasteiger partial charge in [0.2, 0.25) is 0 Å². The van der Waals surface area contributed by atoms with E-state index in [-0.39, 0.29) is 22.9 Å². The first-order valence-corrected chi connectivity index (χ1v) is 6.14. The van der Waals surface area contributed by atoms with E-state index in [4.69, 9.17) is 5.11 Å². The maximum atomic E-state index is 11.6. The quantitative estimate of drug-likeness (QED) is 0.843. The summed E-state index contributed by atoms with van der Waals surface area (Å²) in [5.41, 5.74) is 0.428. The van der Waals surface area contributed by atoms with Crippen LogP contribution in [-0.4, -0.2) is 36.0 Å². The summed E-state index contributed by atoms with van der Waals surface area (Å²) < 4.78 is 1.32. The van der Waals surface area contributed by atoms with Crippen LogP contribution in [0.25, 0.3) is 5.95 Å². The fourth-order valence-electron chi connectivity index (χ4n) is 1.75. The Morgan fingerprint density at radius 1 is 1.45 bits per heavy atom. The van der Waals surface area contributed by atoms with E-state index in [1.165, 1.54) is 17.7 Å². The maximum absolute atomic E-state index is 11.6. The average Bonchev–Trinajstić information content (AvgIpc) is 2.76. The third kappa shape index (κ3) is 2.73. The lowest BCUT2D eigenvalue weighted by molar-refractivity contribution is 0.0690. The first-order valence-electron chi connectivity index (χ1n) is 6.14. The van der Waals surface area contributed by atoms with Crippen molar-refractivity contribution in [1.82, 2.24) is 25.0 Å². The van der Waals surface area contributed by atoms with Gasteiger partial charge in [0.05, 0.1) is 0 Å². The zero-order valence-corrected chi connectivity index (χ0v) is 11.4. The summed E-state index contributed by atoms with van der Waals surface area (Å²) in [6.07, 6.45) is 0.609. The number of rotatable bonds is 4. The van der Waals surface area contributed by atoms with Crippen LogP contribution in [0.15, 0.2) is 10.9 Å². The molecule has 0 bridgehead atoms. The highest BCUT2D eigenvalue weighted by molar-refractivity contribution is 5.85. The predicted molar refractivity (Wildman–Crippen MR) is 70.0 cm³/mol. The van der Waals surface area contributed by atoms with E-state index in [1.807, 2.05) is 13.8 Å². The summed E-state index contributed by atoms with van der Waals surface area (Å²) in [6, 6.07) is 1.47. The molecule has 106 valence electrons. The van der Waals surface area contributed by atoms with Gasteiger partial charge in [0.1, 0.15) is 5.69 Å². The number of H-pyrrole nitrogens is 1. The molecule has 8 nitrogen and oxygen atoms in total. The number of hydrogen-bond acceptors (Lipinski definition) is 5. The molecule has 0 unspecified atom stereocenters. The minimum Gasteiger partial charge on any atom is -0.476 e. The SMILES string of the molecule is Cc1nnc(-n2nc(C(=O)O)cc2CC(C)C)[nH]c1=O. The van der Waals surface area contributed by atoms with E-state index >= 15 is 0 Å². The number of nitrogens with zero attached hydrogens (tertiary/aromatic N) is 4. The van der Waals surface area contributed by atoms with Crippen LogP contribution in [0.1, 0.15) is 35.7 Å². The van der Waals surface area contributed by atoms with Gasteiger partial charge in [-0.25, -0.2) is 9.48 Å². The Morgan fingerprint density at radius 2 is 2.15 bits per heavy atom. The molecule has 0 aliphatic heterocycles. The Bertz CT molecular complexity index is 701. The van der Waals surface area contributed by atoms with Gasteiger partial charge in [0, 0.05) is 5.69 Å². The van der Waals surface area contributed by atoms with Crippen molar-refractivity contribution in [2.24, 2.45) is 5.92 Å². The summed E-state index contributed by atoms with van der Waals surface area (Å²) in [5, 5.41) is 20.5. The van der Waals surface area contributed by atoms with Crippen LogP contribution in [0.4, 0.5) is 0 Å². The number of aromatic carboxylic acids is 1. The summed E-state index contributed by atoms with van der Waals surface area (Å²) in [5.74, 6) is -0.711. The van der Waals surface area contributed by atoms with E-state index in [0.717, 1.165) is 0 Å². The van der Waals surface area contributed by atoms with Crippen LogP contribution in [-0.2, 0) is 6.42 Å². The molecule has 0 saturated heterocycles. The number of hydrogen-bond donors (Lipinski definition) is 2. The van der Waals surface area contributed by atoms with Gasteiger partial charge in [-0.1, -0.05) is 13.8 Å². The number of carbonyl (C=O) groups is 1. The van der Waals surface area contributed by atoms with Crippen LogP contribution in [0, 0.1) is 12.8 Å². The molecular formula is C12H15N5O3. The molecular weight excluding hydrogens is 262 g/mol. The van der Waals surface area contributed by atoms with Gasteiger partial charge < -0.3 is 5.11 Å². The number of aromatic nitrogens is 5. The molecule has 0 aromatic carbocycles. The second-order valence-corrected chi connectivity index (χ2v) is 4.90. The zero-order chi connectivity index (χ0) is 14.9. The Labute approximate surface area is 114 Å². The van der Waals surface area contributed by atoms with E-state index < -0.39 is 5.97 Å². The van der Waals surface area contributed by atoms with Gasteiger partial charge in [0.15, 0.2) is 5.69 Å². The number of aromatic amines is 1. The van der Waals surface area contributed by atoms with Crippen molar-refractivity contribution in [1.29, 1.82) is 0 Å². The third-order valence-electron chi connectivity index (χ3n) is 2.67. The van der Waals surface area contributed by atoms with E-state index in [0.29, 0.717) is 18.0 Å². The number of aryl methyl sites for hydroxylation is 1. The monoisotopic (exact) mass is 277 g/mol. The van der Waals surface area contributed by atoms with Gasteiger partial charge in [-0.15, -0.1) is 10.2 Å². The molecule has 2 aromatic rings. The van der Waals surface area contributed by atoms with Crippen LogP contribution >= 0.6 is 0 Å². The number of carboxylic acid groups (broad SMARTS) is 1. The molecule has 20 heavy (non-hydrogen) atoms. The van der Waals surface area contributed by atoms with Crippen molar-refractivity contribution < 1.29 is 9.90 Å². The van der Waals surface area contributed by atoms with Crippen molar-refractivity contribution in [3.63, 3.8) is 0 Å². The Morgan fingerprint density at radius 3 is 2.70 bits per heavy atom. The zero-order valence-electron chi connectivity index (χ0n) is 11.4. The minimum atomic E-state index is -1.13. The molecule has 8 heteroatoms. The maximum Gasteiger partial charge on any atom is 0.356 e. The summed E-state index contributed by atoms with van der Waals surface area (Å²) >= 11 is 0. The van der Waals surface area contributed by atoms with Gasteiger partial charge in [-0.05, 0) is 25.3 Å². The molecule has 0 aliphatic rings. The normalized spacial score (nSPS) is 11.0. The predicted octanol–water partition coefficient (Wildman–Crippen LogP) is 0.556. The Kier molecular flexibility index (Phi) is 3.64. The standard InChI is InChI=1S/C12H15N5O3/c1-6(2)4-8-5-9(11(19)20)16-17(8)12-13-10(18)7(3)14-15-12/h5-6H,4H2,1-3H3,(H,19,20)(H,13,15,18). The molecule has 0 atom stereocenters. The summed E-state index contributed by atoms with van der Waals surface area (Å²) in [4.78, 5) is 25.1. The van der Waals surface area contributed by atoms with Gasteiger partial charge in [-0.3, -0.25) is 9.78 Å². The highest BCUT2D eigenvalue weighted by Gasteiger charge is 2.17. The molecule has 0 radical (unpaired) electrons. The topological polar surface area (TPSA) is 114 Å². The van der Waals surface area contributed by atoms with Crippen molar-refractivity contribution in [2.45, 2.75) is 27.2 Å². The molecule has 0 spiro atoms. The minimum absolute atomic E-state index is 0.0936. The Hall–Kier alpha value is -2.51. The van der Waals surface area contributed by atoms with Crippen LogP contribution in [0.2, 0.25) is 0 Å². The van der Waals surface area contributed by atoms with Crippen molar-refractivity contribution in [2.75, 3.05) is 0 Å². The molecule has 0 amide bonds. The molecule has 2 N–H and O–H groups in total. The highest BCUT2D eigenvalue weighted by Crippen LogP contribution is 2.13. The van der Waals surface area contributed by atoms with E-state index in [2.05, 4.69) is 20.3 Å². The highest BCUT2D eigenvalue weighted by atomic mass is 16.4. The molecule has 0 fully saturated rings. The fourth-order valence-corrected chi connectivity index (χ4v) is 1.75. The lowest BCUT2D eigenvalue weighted by Gasteiger charge is -2.07.